The van der Waals surface area contributed by atoms with E-state index in [-0.39, 0.29) is 0 Å². The quantitative estimate of drug-likeness (QED) is 0.909. The number of nitrogens with zero attached hydrogens (tertiary/aromatic N) is 1. The lowest BCUT2D eigenvalue weighted by atomic mass is 10.1. The number of nitrogens with one attached hydrogen (secondary N) is 1. The number of benzene rings is 1. The topological polar surface area (TPSA) is 34.1 Å². The molecule has 3 nitrogen and oxygen atoms in total. The highest BCUT2D eigenvalue weighted by Gasteiger charge is 2.31. The normalized spacial score (nSPS) is 11.4. The Hall–Kier alpha value is -2.08. The number of methoxy groups -OCH3 is 1. The van der Waals surface area contributed by atoms with Gasteiger partial charge in [0, 0.05) is 13.7 Å². The lowest BCUT2D eigenvalue weighted by Crippen LogP contribution is -2.08. The number of alkyl halides is 3. The highest BCUT2D eigenvalue weighted by atomic mass is 19.4. The number of aromatic nitrogens is 1. The molecule has 0 bridgehead atoms. The zero-order valence-corrected chi connectivity index (χ0v) is 11.4. The number of hydrogen-bond acceptors (Lipinski definition) is 3. The zero-order valence-electron chi connectivity index (χ0n) is 11.4. The van der Waals surface area contributed by atoms with Crippen molar-refractivity contribution in [2.45, 2.75) is 19.3 Å². The van der Waals surface area contributed by atoms with E-state index in [1.165, 1.54) is 12.3 Å². The molecule has 0 aliphatic rings. The fourth-order valence-electron chi connectivity index (χ4n) is 1.79. The molecule has 0 radical (unpaired) electrons. The maximum atomic E-state index is 12.4. The molecule has 2 rings (SSSR count). The highest BCUT2D eigenvalue weighted by Crippen LogP contribution is 2.27. The zero-order chi connectivity index (χ0) is 15.3. The molecule has 6 heteroatoms. The van der Waals surface area contributed by atoms with E-state index in [0.29, 0.717) is 18.8 Å². The molecule has 1 aromatic heterocycles. The summed E-state index contributed by atoms with van der Waals surface area (Å²) in [7, 11) is 1.63. The fraction of sp³-hybridized carbons (Fsp3) is 0.267. The van der Waals surface area contributed by atoms with Gasteiger partial charge in [0.15, 0.2) is 0 Å². The van der Waals surface area contributed by atoms with Crippen LogP contribution in [-0.2, 0) is 24.1 Å². The van der Waals surface area contributed by atoms with Crippen molar-refractivity contribution in [1.82, 2.24) is 4.98 Å². The smallest absolute Gasteiger partial charge is 0.380 e. The molecule has 0 saturated carbocycles. The molecule has 1 heterocycles. The van der Waals surface area contributed by atoms with Gasteiger partial charge in [-0.2, -0.15) is 13.2 Å². The van der Waals surface area contributed by atoms with Crippen LogP contribution in [0.5, 0.6) is 0 Å². The van der Waals surface area contributed by atoms with Crippen LogP contribution in [0.2, 0.25) is 0 Å². The molecular formula is C15H15F3N2O. The molecule has 1 aromatic carbocycles. The summed E-state index contributed by atoms with van der Waals surface area (Å²) in [5, 5.41) is 3.03. The summed E-state index contributed by atoms with van der Waals surface area (Å²) in [4.78, 5) is 3.40. The Labute approximate surface area is 120 Å². The van der Waals surface area contributed by atoms with E-state index in [1.54, 1.807) is 7.11 Å². The predicted octanol–water partition coefficient (Wildman–Crippen LogP) is 3.86. The molecule has 21 heavy (non-hydrogen) atoms. The van der Waals surface area contributed by atoms with Gasteiger partial charge in [-0.3, -0.25) is 0 Å². The van der Waals surface area contributed by atoms with E-state index >= 15 is 0 Å². The number of pyridine rings is 1. The van der Waals surface area contributed by atoms with Crippen LogP contribution in [0.25, 0.3) is 0 Å². The lowest BCUT2D eigenvalue weighted by Gasteiger charge is -2.09. The number of hydrogen-bond donors (Lipinski definition) is 1. The fourth-order valence-corrected chi connectivity index (χ4v) is 1.79. The van der Waals surface area contributed by atoms with E-state index in [2.05, 4.69) is 10.3 Å². The van der Waals surface area contributed by atoms with Crippen molar-refractivity contribution in [3.63, 3.8) is 0 Å². The van der Waals surface area contributed by atoms with E-state index in [4.69, 9.17) is 4.74 Å². The number of ether oxygens (including phenoxy) is 1. The van der Waals surface area contributed by atoms with Gasteiger partial charge in [0.1, 0.15) is 5.69 Å². The first-order valence-electron chi connectivity index (χ1n) is 6.33. The second-order valence-corrected chi connectivity index (χ2v) is 4.53. The van der Waals surface area contributed by atoms with Gasteiger partial charge >= 0.3 is 6.18 Å². The molecule has 0 aliphatic carbocycles. The number of halogens is 3. The second-order valence-electron chi connectivity index (χ2n) is 4.53. The van der Waals surface area contributed by atoms with E-state index < -0.39 is 11.9 Å². The van der Waals surface area contributed by atoms with Crippen LogP contribution in [0.4, 0.5) is 18.9 Å². The summed E-state index contributed by atoms with van der Waals surface area (Å²) in [5.41, 5.74) is 1.74. The Morgan fingerprint density at radius 2 is 1.71 bits per heavy atom. The van der Waals surface area contributed by atoms with Crippen LogP contribution in [0.1, 0.15) is 16.8 Å². The first-order valence-corrected chi connectivity index (χ1v) is 6.33. The van der Waals surface area contributed by atoms with E-state index in [9.17, 15) is 13.2 Å². The monoisotopic (exact) mass is 296 g/mol. The summed E-state index contributed by atoms with van der Waals surface area (Å²) in [6, 6.07) is 10.1. The van der Waals surface area contributed by atoms with Gasteiger partial charge in [0.2, 0.25) is 0 Å². The minimum absolute atomic E-state index is 0.514. The van der Waals surface area contributed by atoms with Crippen molar-refractivity contribution in [3.05, 3.63) is 59.4 Å². The van der Waals surface area contributed by atoms with Crippen molar-refractivity contribution >= 4 is 5.69 Å². The Balaban J connectivity index is 1.93. The molecular weight excluding hydrogens is 281 g/mol. The minimum Gasteiger partial charge on any atom is -0.380 e. The summed E-state index contributed by atoms with van der Waals surface area (Å²) in [6.07, 6.45) is -3.22. The summed E-state index contributed by atoms with van der Waals surface area (Å²) < 4.78 is 42.2. The van der Waals surface area contributed by atoms with Gasteiger partial charge < -0.3 is 10.1 Å². The number of rotatable bonds is 5. The van der Waals surface area contributed by atoms with Crippen molar-refractivity contribution in [2.24, 2.45) is 0 Å². The minimum atomic E-state index is -4.41. The lowest BCUT2D eigenvalue weighted by molar-refractivity contribution is -0.141. The average Bonchev–Trinajstić information content (AvgIpc) is 2.46. The Morgan fingerprint density at radius 3 is 2.24 bits per heavy atom. The van der Waals surface area contributed by atoms with Gasteiger partial charge in [-0.25, -0.2) is 4.98 Å². The largest absolute Gasteiger partial charge is 0.433 e. The van der Waals surface area contributed by atoms with Crippen LogP contribution in [-0.4, -0.2) is 12.1 Å². The third kappa shape index (κ3) is 4.46. The van der Waals surface area contributed by atoms with Gasteiger partial charge in [-0.05, 0) is 23.3 Å². The molecule has 0 aliphatic heterocycles. The number of anilines is 1. The van der Waals surface area contributed by atoms with Crippen LogP contribution in [0.15, 0.2) is 42.6 Å². The second kappa shape index (κ2) is 6.58. The van der Waals surface area contributed by atoms with Crippen LogP contribution in [0, 0.1) is 0 Å². The van der Waals surface area contributed by atoms with Gasteiger partial charge in [0.25, 0.3) is 0 Å². The maximum Gasteiger partial charge on any atom is 0.433 e. The van der Waals surface area contributed by atoms with Crippen molar-refractivity contribution in [3.8, 4) is 0 Å². The van der Waals surface area contributed by atoms with Crippen LogP contribution in [0.3, 0.4) is 0 Å². The van der Waals surface area contributed by atoms with Gasteiger partial charge in [-0.15, -0.1) is 0 Å². The molecule has 0 atom stereocenters. The molecule has 112 valence electrons. The summed E-state index contributed by atoms with van der Waals surface area (Å²) >= 11 is 0. The van der Waals surface area contributed by atoms with Crippen molar-refractivity contribution in [2.75, 3.05) is 12.4 Å². The average molecular weight is 296 g/mol. The van der Waals surface area contributed by atoms with Crippen molar-refractivity contribution < 1.29 is 17.9 Å². The Bertz CT molecular complexity index is 565. The SMILES string of the molecule is COCc1ccc(CNc2ccc(C(F)(F)F)nc2)cc1. The molecule has 0 fully saturated rings. The maximum absolute atomic E-state index is 12.4. The van der Waals surface area contributed by atoms with E-state index in [0.717, 1.165) is 17.2 Å². The Morgan fingerprint density at radius 1 is 1.05 bits per heavy atom. The van der Waals surface area contributed by atoms with Gasteiger partial charge in [0.05, 0.1) is 18.5 Å². The van der Waals surface area contributed by atoms with E-state index in [1.807, 2.05) is 24.3 Å². The summed E-state index contributed by atoms with van der Waals surface area (Å²) in [6.45, 7) is 1.07. The molecule has 2 aromatic rings. The third-order valence-electron chi connectivity index (χ3n) is 2.88. The van der Waals surface area contributed by atoms with Gasteiger partial charge in [-0.1, -0.05) is 24.3 Å². The Kier molecular flexibility index (Phi) is 4.80. The molecule has 0 amide bonds. The highest BCUT2D eigenvalue weighted by molar-refractivity contribution is 5.42. The van der Waals surface area contributed by atoms with Crippen LogP contribution < -0.4 is 5.32 Å². The standard InChI is InChI=1S/C15H15F3N2O/c1-21-10-12-4-2-11(3-5-12)8-19-13-6-7-14(20-9-13)15(16,17)18/h2-7,9,19H,8,10H2,1H3. The summed E-state index contributed by atoms with van der Waals surface area (Å²) in [5.74, 6) is 0. The molecule has 0 saturated heterocycles. The molecule has 1 N–H and O–H groups in total. The molecule has 0 spiro atoms. The third-order valence-corrected chi connectivity index (χ3v) is 2.88. The first-order chi connectivity index (χ1) is 9.99. The first kappa shape index (κ1) is 15.3. The molecule has 0 unspecified atom stereocenters. The predicted molar refractivity (Wildman–Crippen MR) is 73.7 cm³/mol. The van der Waals surface area contributed by atoms with Crippen LogP contribution >= 0.6 is 0 Å². The van der Waals surface area contributed by atoms with Crippen molar-refractivity contribution in [1.29, 1.82) is 0 Å².